The van der Waals surface area contributed by atoms with E-state index in [1.807, 2.05) is 18.2 Å². The molecule has 1 aromatic carbocycles. The molecule has 1 aliphatic carbocycles. The summed E-state index contributed by atoms with van der Waals surface area (Å²) in [6.07, 6.45) is 4.91. The summed E-state index contributed by atoms with van der Waals surface area (Å²) in [7, 11) is 0. The molecule has 2 rings (SSSR count). The lowest BCUT2D eigenvalue weighted by atomic mass is 9.98. The van der Waals surface area contributed by atoms with Gasteiger partial charge in [-0.05, 0) is 61.9 Å². The Hall–Kier alpha value is -0.240. The van der Waals surface area contributed by atoms with Gasteiger partial charge in [0.2, 0.25) is 0 Å². The van der Waals surface area contributed by atoms with Crippen LogP contribution in [-0.2, 0) is 6.42 Å². The lowest BCUT2D eigenvalue weighted by Gasteiger charge is -2.13. The van der Waals surface area contributed by atoms with Crippen molar-refractivity contribution in [2.75, 3.05) is 6.54 Å². The number of rotatable bonds is 6. The molecule has 0 saturated heterocycles. The molecular weight excluding hydrogens is 253 g/mol. The Morgan fingerprint density at radius 2 is 2.12 bits per heavy atom. The Bertz CT molecular complexity index is 374. The van der Waals surface area contributed by atoms with Crippen LogP contribution in [0.5, 0.6) is 0 Å². The molecule has 0 heterocycles. The molecule has 0 radical (unpaired) electrons. The fourth-order valence-corrected chi connectivity index (χ4v) is 2.39. The average molecular weight is 272 g/mol. The maximum absolute atomic E-state index is 6.16. The van der Waals surface area contributed by atoms with Crippen molar-refractivity contribution in [2.45, 2.75) is 38.6 Å². The first kappa shape index (κ1) is 13.2. The predicted molar refractivity (Wildman–Crippen MR) is 75.0 cm³/mol. The van der Waals surface area contributed by atoms with Crippen LogP contribution >= 0.6 is 23.2 Å². The number of hydrogen-bond donors (Lipinski definition) is 1. The zero-order valence-corrected chi connectivity index (χ0v) is 11.7. The van der Waals surface area contributed by atoms with E-state index in [2.05, 4.69) is 12.2 Å². The number of nitrogens with one attached hydrogen (secondary N) is 1. The fraction of sp³-hybridized carbons (Fsp3) is 0.571. The summed E-state index contributed by atoms with van der Waals surface area (Å²) < 4.78 is 0. The molecule has 1 saturated carbocycles. The summed E-state index contributed by atoms with van der Waals surface area (Å²) in [6.45, 7) is 3.38. The SMILES string of the molecule is CC(CCNC1CC1)Cc1cc(Cl)ccc1Cl. The van der Waals surface area contributed by atoms with Crippen LogP contribution in [0, 0.1) is 5.92 Å². The molecule has 0 spiro atoms. The first-order chi connectivity index (χ1) is 8.15. The molecule has 1 fully saturated rings. The van der Waals surface area contributed by atoms with E-state index in [1.165, 1.54) is 19.3 Å². The van der Waals surface area contributed by atoms with Gasteiger partial charge >= 0.3 is 0 Å². The lowest BCUT2D eigenvalue weighted by molar-refractivity contribution is 0.497. The quantitative estimate of drug-likeness (QED) is 0.813. The summed E-state index contributed by atoms with van der Waals surface area (Å²) in [6, 6.07) is 6.51. The van der Waals surface area contributed by atoms with Crippen molar-refractivity contribution in [3.63, 3.8) is 0 Å². The van der Waals surface area contributed by atoms with E-state index >= 15 is 0 Å². The molecule has 1 unspecified atom stereocenters. The van der Waals surface area contributed by atoms with Crippen LogP contribution < -0.4 is 5.32 Å². The van der Waals surface area contributed by atoms with Gasteiger partial charge in [-0.15, -0.1) is 0 Å². The number of benzene rings is 1. The minimum atomic E-state index is 0.636. The highest BCUT2D eigenvalue weighted by molar-refractivity contribution is 6.33. The molecular formula is C14H19Cl2N. The molecule has 3 heteroatoms. The molecule has 0 amide bonds. The smallest absolute Gasteiger partial charge is 0.0439 e. The third kappa shape index (κ3) is 4.50. The van der Waals surface area contributed by atoms with Crippen molar-refractivity contribution in [1.29, 1.82) is 0 Å². The fourth-order valence-electron chi connectivity index (χ4n) is 2.00. The minimum Gasteiger partial charge on any atom is -0.314 e. The molecule has 0 bridgehead atoms. The monoisotopic (exact) mass is 271 g/mol. The van der Waals surface area contributed by atoms with E-state index in [-0.39, 0.29) is 0 Å². The molecule has 17 heavy (non-hydrogen) atoms. The summed E-state index contributed by atoms with van der Waals surface area (Å²) in [5.74, 6) is 0.636. The second-order valence-corrected chi connectivity index (χ2v) is 5.91. The molecule has 1 atom stereocenters. The summed E-state index contributed by atoms with van der Waals surface area (Å²) >= 11 is 12.1. The van der Waals surface area contributed by atoms with Gasteiger partial charge in [0.1, 0.15) is 0 Å². The van der Waals surface area contributed by atoms with Crippen molar-refractivity contribution in [2.24, 2.45) is 5.92 Å². The van der Waals surface area contributed by atoms with Crippen molar-refractivity contribution in [3.05, 3.63) is 33.8 Å². The predicted octanol–water partition coefficient (Wildman–Crippen LogP) is 4.31. The van der Waals surface area contributed by atoms with Gasteiger partial charge in [0, 0.05) is 16.1 Å². The van der Waals surface area contributed by atoms with Gasteiger partial charge in [-0.1, -0.05) is 30.1 Å². The summed E-state index contributed by atoms with van der Waals surface area (Å²) in [5.41, 5.74) is 1.16. The third-order valence-corrected chi connectivity index (χ3v) is 3.83. The molecule has 94 valence electrons. The van der Waals surface area contributed by atoms with E-state index in [1.54, 1.807) is 0 Å². The summed E-state index contributed by atoms with van der Waals surface area (Å²) in [4.78, 5) is 0. The topological polar surface area (TPSA) is 12.0 Å². The number of hydrogen-bond acceptors (Lipinski definition) is 1. The van der Waals surface area contributed by atoms with E-state index in [0.717, 1.165) is 34.6 Å². The second kappa shape index (κ2) is 6.08. The minimum absolute atomic E-state index is 0.636. The zero-order valence-electron chi connectivity index (χ0n) is 10.2. The van der Waals surface area contributed by atoms with Crippen LogP contribution in [0.1, 0.15) is 31.7 Å². The molecule has 1 aliphatic rings. The van der Waals surface area contributed by atoms with Gasteiger partial charge in [0.05, 0.1) is 0 Å². The third-order valence-electron chi connectivity index (χ3n) is 3.22. The van der Waals surface area contributed by atoms with Gasteiger partial charge in [-0.25, -0.2) is 0 Å². The first-order valence-corrected chi connectivity index (χ1v) is 7.08. The molecule has 1 N–H and O–H groups in total. The van der Waals surface area contributed by atoms with Crippen LogP contribution in [0.15, 0.2) is 18.2 Å². The van der Waals surface area contributed by atoms with E-state index < -0.39 is 0 Å². The first-order valence-electron chi connectivity index (χ1n) is 6.32. The largest absolute Gasteiger partial charge is 0.314 e. The molecule has 1 aromatic rings. The van der Waals surface area contributed by atoms with E-state index in [9.17, 15) is 0 Å². The van der Waals surface area contributed by atoms with Gasteiger partial charge in [0.15, 0.2) is 0 Å². The van der Waals surface area contributed by atoms with Gasteiger partial charge in [-0.3, -0.25) is 0 Å². The van der Waals surface area contributed by atoms with Crippen LogP contribution in [0.25, 0.3) is 0 Å². The Labute approximate surface area is 114 Å². The summed E-state index contributed by atoms with van der Waals surface area (Å²) in [5, 5.41) is 5.14. The van der Waals surface area contributed by atoms with Crippen molar-refractivity contribution < 1.29 is 0 Å². The highest BCUT2D eigenvalue weighted by atomic mass is 35.5. The highest BCUT2D eigenvalue weighted by Gasteiger charge is 2.20. The van der Waals surface area contributed by atoms with Crippen molar-refractivity contribution >= 4 is 23.2 Å². The van der Waals surface area contributed by atoms with Crippen LogP contribution in [-0.4, -0.2) is 12.6 Å². The van der Waals surface area contributed by atoms with Crippen molar-refractivity contribution in [1.82, 2.24) is 5.32 Å². The normalized spacial score (nSPS) is 17.1. The second-order valence-electron chi connectivity index (χ2n) is 5.06. The zero-order chi connectivity index (χ0) is 12.3. The molecule has 1 nitrogen and oxygen atoms in total. The average Bonchev–Trinajstić information content (AvgIpc) is 3.07. The lowest BCUT2D eigenvalue weighted by Crippen LogP contribution is -2.20. The molecule has 0 aliphatic heterocycles. The van der Waals surface area contributed by atoms with Gasteiger partial charge in [-0.2, -0.15) is 0 Å². The van der Waals surface area contributed by atoms with E-state index in [4.69, 9.17) is 23.2 Å². The Morgan fingerprint density at radius 3 is 2.82 bits per heavy atom. The van der Waals surface area contributed by atoms with Gasteiger partial charge < -0.3 is 5.32 Å². The van der Waals surface area contributed by atoms with E-state index in [0.29, 0.717) is 5.92 Å². The van der Waals surface area contributed by atoms with Crippen LogP contribution in [0.3, 0.4) is 0 Å². The highest BCUT2D eigenvalue weighted by Crippen LogP contribution is 2.24. The van der Waals surface area contributed by atoms with Crippen LogP contribution in [0.4, 0.5) is 0 Å². The maximum Gasteiger partial charge on any atom is 0.0439 e. The maximum atomic E-state index is 6.16. The van der Waals surface area contributed by atoms with Crippen LogP contribution in [0.2, 0.25) is 10.0 Å². The number of halogens is 2. The standard InChI is InChI=1S/C14H19Cl2N/c1-10(6-7-17-13-3-4-13)8-11-9-12(15)2-5-14(11)16/h2,5,9-10,13,17H,3-4,6-8H2,1H3. The molecule has 0 aromatic heterocycles. The Kier molecular flexibility index (Phi) is 4.72. The Morgan fingerprint density at radius 1 is 1.35 bits per heavy atom. The van der Waals surface area contributed by atoms with Crippen molar-refractivity contribution in [3.8, 4) is 0 Å². The Balaban J connectivity index is 1.79. The van der Waals surface area contributed by atoms with Gasteiger partial charge in [0.25, 0.3) is 0 Å².